The first kappa shape index (κ1) is 18.5. The molecule has 1 radical (unpaired) electrons. The summed E-state index contributed by atoms with van der Waals surface area (Å²) in [5, 5.41) is 0.821. The number of aryl methyl sites for hydroxylation is 1. The molecule has 1 heterocycles. The number of aromatic nitrogens is 1. The number of pyridine rings is 1. The van der Waals surface area contributed by atoms with Crippen LogP contribution < -0.4 is 17.0 Å². The zero-order valence-corrected chi connectivity index (χ0v) is 21.1. The molecule has 1 aromatic heterocycles. The number of hydrogen-bond acceptors (Lipinski definition) is 3. The third kappa shape index (κ3) is 4.48. The van der Waals surface area contributed by atoms with Crippen LogP contribution in [0, 0.1) is 6.85 Å². The first-order valence-corrected chi connectivity index (χ1v) is 15.7. The van der Waals surface area contributed by atoms with Crippen molar-refractivity contribution in [3.63, 3.8) is 0 Å². The van der Waals surface area contributed by atoms with Gasteiger partial charge in [-0.15, -0.1) is 0 Å². The molecule has 0 aliphatic heterocycles. The average Bonchev–Trinajstić information content (AvgIpc) is 2.92. The van der Waals surface area contributed by atoms with Crippen LogP contribution in [-0.2, 0) is 2.82 Å². The van der Waals surface area contributed by atoms with Crippen LogP contribution in [0.25, 0.3) is 10.9 Å². The summed E-state index contributed by atoms with van der Waals surface area (Å²) in [6.45, 7) is -2.29. The van der Waals surface area contributed by atoms with E-state index in [0.717, 1.165) is 5.39 Å². The summed E-state index contributed by atoms with van der Waals surface area (Å²) in [5.74, 6) is 0.527. The molecule has 0 atom stereocenters. The predicted octanol–water partition coefficient (Wildman–Crippen LogP) is 4.14. The van der Waals surface area contributed by atoms with Gasteiger partial charge in [-0.2, -0.15) is 0 Å². The van der Waals surface area contributed by atoms with Gasteiger partial charge in [0, 0.05) is 0 Å². The quantitative estimate of drug-likeness (QED) is 0.310. The van der Waals surface area contributed by atoms with Crippen molar-refractivity contribution in [3.05, 3.63) is 127 Å². The van der Waals surface area contributed by atoms with E-state index in [4.69, 9.17) is 10.7 Å². The van der Waals surface area contributed by atoms with Gasteiger partial charge in [-0.25, -0.2) is 0 Å². The Morgan fingerprint density at radius 3 is 1.79 bits per heavy atom. The number of benzene rings is 4. The Hall–Kier alpha value is -2.87. The summed E-state index contributed by atoms with van der Waals surface area (Å²) in [6, 6.07) is 40.1. The van der Waals surface area contributed by atoms with E-state index >= 15 is 0 Å². The van der Waals surface area contributed by atoms with Gasteiger partial charge >= 0.3 is 209 Å². The van der Waals surface area contributed by atoms with Crippen LogP contribution in [0.4, 0.5) is 0 Å². The molecule has 33 heavy (non-hydrogen) atoms. The van der Waals surface area contributed by atoms with Gasteiger partial charge < -0.3 is 0 Å². The van der Waals surface area contributed by atoms with Crippen LogP contribution in [0.1, 0.15) is 9.81 Å². The molecule has 0 bridgehead atoms. The van der Waals surface area contributed by atoms with Crippen molar-refractivity contribution >= 4 is 53.6 Å². The van der Waals surface area contributed by atoms with Gasteiger partial charge in [0.05, 0.1) is 0 Å². The SMILES string of the molecule is [2H]C([2H])([2H])c1ccc2cccc([O][Al][O][Ge]([c]3ccccc3)([c]3ccccc3)[c]3ccccc3)c2n1. The van der Waals surface area contributed by atoms with Crippen molar-refractivity contribution in [2.24, 2.45) is 0 Å². The average molecular weight is 508 g/mol. The van der Waals surface area contributed by atoms with Crippen molar-refractivity contribution in [2.75, 3.05) is 0 Å². The molecule has 0 spiro atoms. The number of para-hydroxylation sites is 1. The summed E-state index contributed by atoms with van der Waals surface area (Å²) in [4.78, 5) is 4.42. The Bertz CT molecular complexity index is 1360. The molecule has 4 aromatic carbocycles. The number of nitrogens with zero attached hydrogens (tertiary/aromatic N) is 1. The van der Waals surface area contributed by atoms with E-state index in [1.807, 2.05) is 72.8 Å². The van der Waals surface area contributed by atoms with Gasteiger partial charge in [0.1, 0.15) is 0 Å². The van der Waals surface area contributed by atoms with E-state index < -0.39 is 36.3 Å². The Balaban J connectivity index is 1.55. The van der Waals surface area contributed by atoms with Gasteiger partial charge in [0.2, 0.25) is 0 Å². The fourth-order valence-electron chi connectivity index (χ4n) is 4.09. The van der Waals surface area contributed by atoms with E-state index in [2.05, 4.69) is 41.4 Å². The van der Waals surface area contributed by atoms with Gasteiger partial charge in [0.25, 0.3) is 0 Å². The van der Waals surface area contributed by atoms with E-state index in [-0.39, 0.29) is 5.69 Å². The van der Waals surface area contributed by atoms with Crippen LogP contribution >= 0.6 is 0 Å². The first-order chi connectivity index (χ1) is 17.5. The van der Waals surface area contributed by atoms with Crippen LogP contribution in [0.3, 0.4) is 0 Å². The second-order valence-electron chi connectivity index (χ2n) is 7.64. The minimum atomic E-state index is -3.58. The molecule has 0 amide bonds. The van der Waals surface area contributed by atoms with Crippen LogP contribution in [0.5, 0.6) is 5.75 Å². The second-order valence-corrected chi connectivity index (χ2v) is 16.3. The van der Waals surface area contributed by atoms with E-state index in [0.29, 0.717) is 11.3 Å². The van der Waals surface area contributed by atoms with E-state index in [1.165, 1.54) is 13.2 Å². The first-order valence-electron chi connectivity index (χ1n) is 12.2. The molecule has 0 fully saturated rings. The summed E-state index contributed by atoms with van der Waals surface area (Å²) in [6.07, 6.45) is 0. The molecule has 5 heteroatoms. The maximum absolute atomic E-state index is 7.74. The Morgan fingerprint density at radius 1 is 0.667 bits per heavy atom. The van der Waals surface area contributed by atoms with Gasteiger partial charge in [-0.05, 0) is 0 Å². The Kier molecular flexibility index (Phi) is 5.59. The molecule has 0 aliphatic rings. The summed E-state index contributed by atoms with van der Waals surface area (Å²) < 4.78 is 40.0. The Morgan fingerprint density at radius 2 is 1.24 bits per heavy atom. The maximum atomic E-state index is 7.74. The van der Waals surface area contributed by atoms with Crippen molar-refractivity contribution in [1.82, 2.24) is 4.98 Å². The summed E-state index contributed by atoms with van der Waals surface area (Å²) in [5.41, 5.74) is 0.575. The summed E-state index contributed by atoms with van der Waals surface area (Å²) in [7, 11) is 0. The molecule has 0 aliphatic carbocycles. The molecule has 5 aromatic rings. The zero-order chi connectivity index (χ0) is 25.0. The molecular weight excluding hydrogens is 482 g/mol. The fraction of sp³-hybridized carbons (Fsp3) is 0.0357. The number of hydrogen-bond donors (Lipinski definition) is 0. The van der Waals surface area contributed by atoms with Crippen LogP contribution in [0.15, 0.2) is 121 Å². The van der Waals surface area contributed by atoms with Gasteiger partial charge in [-0.3, -0.25) is 0 Å². The monoisotopic (exact) mass is 509 g/mol. The molecule has 0 unspecified atom stereocenters. The molecule has 5 rings (SSSR count). The topological polar surface area (TPSA) is 31.4 Å². The van der Waals surface area contributed by atoms with E-state index in [9.17, 15) is 0 Å². The molecule has 0 saturated heterocycles. The normalized spacial score (nSPS) is 13.0. The van der Waals surface area contributed by atoms with Crippen LogP contribution in [-0.4, -0.2) is 34.5 Å². The predicted molar refractivity (Wildman–Crippen MR) is 138 cm³/mol. The van der Waals surface area contributed by atoms with Crippen molar-refractivity contribution in [3.8, 4) is 5.75 Å². The minimum absolute atomic E-state index is 0.0480. The molecule has 0 saturated carbocycles. The third-order valence-corrected chi connectivity index (χ3v) is 16.5. The molecule has 159 valence electrons. The Labute approximate surface area is 208 Å². The van der Waals surface area contributed by atoms with Gasteiger partial charge in [-0.1, -0.05) is 0 Å². The number of rotatable bonds is 7. The third-order valence-electron chi connectivity index (χ3n) is 5.62. The summed E-state index contributed by atoms with van der Waals surface area (Å²) >= 11 is -4.52. The molecular formula is C28H23AlGeNO2. The standard InChI is InChI=1S/C18H15GeO.C10H9NO.Al/c20-19(16-10-4-1-5-11-16,17-12-6-2-7-13-17)18-14-8-3-9-15-18;1-7-5-6-8-3-2-4-9(12)10(8)11-7;/h1-15H;2-6,12H,1H3;/q-1;;+2/p-1/i;1D3;. The second kappa shape index (κ2) is 9.95. The van der Waals surface area contributed by atoms with Crippen molar-refractivity contribution in [1.29, 1.82) is 0 Å². The van der Waals surface area contributed by atoms with Crippen molar-refractivity contribution < 1.29 is 10.7 Å². The fourth-order valence-corrected chi connectivity index (χ4v) is 15.0. The van der Waals surface area contributed by atoms with E-state index in [1.54, 1.807) is 12.1 Å². The van der Waals surface area contributed by atoms with Gasteiger partial charge in [0.15, 0.2) is 0 Å². The number of fused-ring (bicyclic) bond motifs is 1. The van der Waals surface area contributed by atoms with Crippen molar-refractivity contribution in [2.45, 2.75) is 6.85 Å². The molecule has 3 nitrogen and oxygen atoms in total. The molecule has 0 N–H and O–H groups in total. The zero-order valence-electron chi connectivity index (χ0n) is 20.9. The van der Waals surface area contributed by atoms with Crippen LogP contribution in [0.2, 0.25) is 0 Å².